The lowest BCUT2D eigenvalue weighted by molar-refractivity contribution is -0.671. The van der Waals surface area contributed by atoms with E-state index < -0.39 is 5.63 Å². The molecule has 0 amide bonds. The maximum atomic E-state index is 12.6. The molecular formula is C29H36N7O4S+. The smallest absolute Gasteiger partial charge is 0.436 e. The summed E-state index contributed by atoms with van der Waals surface area (Å²) in [5, 5.41) is 12.2. The molecule has 0 saturated carbocycles. The van der Waals surface area contributed by atoms with Crippen LogP contribution >= 0.6 is 12.2 Å². The topological polar surface area (TPSA) is 107 Å². The third kappa shape index (κ3) is 6.55. The number of benzene rings is 2. The SMILES string of the molecule is COc1ccc(-[n+]2[nH]oc(=O)c2/C=N/n2c(C(C)c3ccc(CC(C)C)cc3)nn(CN3CCOCC3)c2=S)cc1. The minimum absolute atomic E-state index is 0.107. The second-order valence-corrected chi connectivity index (χ2v) is 10.9. The number of nitrogens with zero attached hydrogens (tertiary/aromatic N) is 6. The Labute approximate surface area is 243 Å². The molecule has 1 aliphatic heterocycles. The number of aromatic amines is 1. The molecule has 41 heavy (non-hydrogen) atoms. The summed E-state index contributed by atoms with van der Waals surface area (Å²) < 4.78 is 21.2. The predicted octanol–water partition coefficient (Wildman–Crippen LogP) is 3.50. The van der Waals surface area contributed by atoms with E-state index in [-0.39, 0.29) is 11.6 Å². The molecule has 1 saturated heterocycles. The lowest BCUT2D eigenvalue weighted by atomic mass is 9.96. The van der Waals surface area contributed by atoms with E-state index in [0.29, 0.717) is 47.8 Å². The molecule has 1 fully saturated rings. The minimum Gasteiger partial charge on any atom is -0.497 e. The molecule has 11 nitrogen and oxygen atoms in total. The van der Waals surface area contributed by atoms with Gasteiger partial charge in [-0.05, 0) is 57.8 Å². The van der Waals surface area contributed by atoms with Crippen molar-refractivity contribution in [1.29, 1.82) is 0 Å². The maximum absolute atomic E-state index is 12.6. The molecule has 0 radical (unpaired) electrons. The van der Waals surface area contributed by atoms with E-state index in [1.54, 1.807) is 28.6 Å². The molecule has 1 N–H and O–H groups in total. The number of hydrogen-bond donors (Lipinski definition) is 1. The monoisotopic (exact) mass is 578 g/mol. The highest BCUT2D eigenvalue weighted by molar-refractivity contribution is 7.71. The van der Waals surface area contributed by atoms with Gasteiger partial charge in [-0.25, -0.2) is 9.48 Å². The standard InChI is InChI=1S/C29H35N7O4S/c1-20(2)17-22-5-7-23(8-6-22)21(3)27-31-34(19-33-13-15-39-16-14-33)29(41)36(27)30-18-26-28(37)40-32-35(26)24-9-11-25(38-4)12-10-24/h5-12,18,20-21H,13-17,19H2,1-4H3/p+1. The van der Waals surface area contributed by atoms with Crippen molar-refractivity contribution in [3.63, 3.8) is 0 Å². The number of nitrogens with one attached hydrogen (secondary N) is 1. The molecule has 1 aliphatic rings. The van der Waals surface area contributed by atoms with E-state index in [1.807, 2.05) is 12.1 Å². The Morgan fingerprint density at radius 1 is 1.12 bits per heavy atom. The van der Waals surface area contributed by atoms with Crippen LogP contribution in [-0.4, -0.2) is 64.3 Å². The van der Waals surface area contributed by atoms with Crippen LogP contribution in [0, 0.1) is 10.7 Å². The van der Waals surface area contributed by atoms with Crippen LogP contribution in [0.1, 0.15) is 49.3 Å². The molecule has 12 heteroatoms. The van der Waals surface area contributed by atoms with E-state index in [0.717, 1.165) is 25.1 Å². The van der Waals surface area contributed by atoms with Gasteiger partial charge in [0.2, 0.25) is 10.5 Å². The summed E-state index contributed by atoms with van der Waals surface area (Å²) in [5.74, 6) is 1.85. The van der Waals surface area contributed by atoms with Crippen molar-refractivity contribution in [2.45, 2.75) is 39.8 Å². The van der Waals surface area contributed by atoms with Gasteiger partial charge in [0.05, 0.1) is 27.0 Å². The summed E-state index contributed by atoms with van der Waals surface area (Å²) in [4.78, 5) is 14.9. The van der Waals surface area contributed by atoms with Gasteiger partial charge in [0.15, 0.2) is 5.82 Å². The third-order valence-corrected chi connectivity index (χ3v) is 7.48. The summed E-state index contributed by atoms with van der Waals surface area (Å²) in [5.41, 5.74) is 2.72. The quantitative estimate of drug-likeness (QED) is 0.174. The number of methoxy groups -OCH3 is 1. The van der Waals surface area contributed by atoms with Crippen molar-refractivity contribution in [2.75, 3.05) is 33.4 Å². The van der Waals surface area contributed by atoms with Gasteiger partial charge in [-0.3, -0.25) is 9.42 Å². The fraction of sp³-hybridized carbons (Fsp3) is 0.414. The first-order valence-electron chi connectivity index (χ1n) is 13.7. The van der Waals surface area contributed by atoms with E-state index in [4.69, 9.17) is 31.3 Å². The highest BCUT2D eigenvalue weighted by Gasteiger charge is 2.24. The normalized spacial score (nSPS) is 15.1. The van der Waals surface area contributed by atoms with Crippen LogP contribution in [0.2, 0.25) is 0 Å². The van der Waals surface area contributed by atoms with Crippen molar-refractivity contribution in [2.24, 2.45) is 11.0 Å². The Bertz CT molecular complexity index is 1590. The average Bonchev–Trinajstić information content (AvgIpc) is 3.50. The zero-order chi connectivity index (χ0) is 28.9. The lowest BCUT2D eigenvalue weighted by Crippen LogP contribution is -2.38. The number of morpholine rings is 1. The maximum Gasteiger partial charge on any atom is 0.436 e. The van der Waals surface area contributed by atoms with Crippen LogP contribution in [0.25, 0.3) is 5.69 Å². The molecular weight excluding hydrogens is 542 g/mol. The van der Waals surface area contributed by atoms with Gasteiger partial charge in [0, 0.05) is 31.1 Å². The van der Waals surface area contributed by atoms with Gasteiger partial charge in [0.25, 0.3) is 0 Å². The van der Waals surface area contributed by atoms with Crippen molar-refractivity contribution in [3.8, 4) is 11.4 Å². The summed E-state index contributed by atoms with van der Waals surface area (Å²) in [6, 6.07) is 15.8. The first kappa shape index (κ1) is 28.7. The van der Waals surface area contributed by atoms with Gasteiger partial charge in [-0.2, -0.15) is 14.9 Å². The molecule has 0 spiro atoms. The van der Waals surface area contributed by atoms with Gasteiger partial charge in [-0.1, -0.05) is 45.0 Å². The van der Waals surface area contributed by atoms with Gasteiger partial charge in [0.1, 0.15) is 12.0 Å². The van der Waals surface area contributed by atoms with E-state index in [9.17, 15) is 4.79 Å². The highest BCUT2D eigenvalue weighted by atomic mass is 32.1. The molecule has 0 bridgehead atoms. The Balaban J connectivity index is 1.51. The zero-order valence-corrected chi connectivity index (χ0v) is 24.6. The number of hydrogen-bond acceptors (Lipinski definition) is 8. The molecule has 0 aliphatic carbocycles. The van der Waals surface area contributed by atoms with Crippen molar-refractivity contribution >= 4 is 18.4 Å². The molecule has 2 aromatic heterocycles. The molecule has 1 atom stereocenters. The highest BCUT2D eigenvalue weighted by Crippen LogP contribution is 2.25. The molecule has 4 aromatic rings. The molecule has 5 rings (SSSR count). The van der Waals surface area contributed by atoms with E-state index in [1.165, 1.54) is 16.5 Å². The van der Waals surface area contributed by atoms with Crippen LogP contribution < -0.4 is 15.0 Å². The molecule has 3 heterocycles. The van der Waals surface area contributed by atoms with Crippen molar-refractivity contribution in [1.82, 2.24) is 24.6 Å². The number of rotatable bonds is 10. The van der Waals surface area contributed by atoms with E-state index >= 15 is 0 Å². The fourth-order valence-corrected chi connectivity index (χ4v) is 5.05. The van der Waals surface area contributed by atoms with E-state index in [2.05, 4.69) is 60.3 Å². The Hall–Kier alpha value is -3.87. The number of aromatic nitrogens is 5. The Morgan fingerprint density at radius 2 is 1.83 bits per heavy atom. The predicted molar refractivity (Wildman–Crippen MR) is 156 cm³/mol. The first-order valence-corrected chi connectivity index (χ1v) is 14.2. The summed E-state index contributed by atoms with van der Waals surface area (Å²) in [6.45, 7) is 9.98. The summed E-state index contributed by atoms with van der Waals surface area (Å²) in [6.07, 6.45) is 2.47. The Kier molecular flexibility index (Phi) is 8.91. The molecule has 2 aromatic carbocycles. The third-order valence-electron chi connectivity index (χ3n) is 7.10. The minimum atomic E-state index is -0.563. The first-order chi connectivity index (χ1) is 19.8. The summed E-state index contributed by atoms with van der Waals surface area (Å²) >= 11 is 5.86. The fourth-order valence-electron chi connectivity index (χ4n) is 4.81. The van der Waals surface area contributed by atoms with Crippen molar-refractivity contribution in [3.05, 3.63) is 86.4 Å². The van der Waals surface area contributed by atoms with Crippen LogP contribution in [0.3, 0.4) is 0 Å². The van der Waals surface area contributed by atoms with Crippen LogP contribution in [-0.2, 0) is 17.8 Å². The van der Waals surface area contributed by atoms with Crippen LogP contribution in [0.5, 0.6) is 5.75 Å². The van der Waals surface area contributed by atoms with Gasteiger partial charge < -0.3 is 9.47 Å². The number of H-pyrrole nitrogens is 1. The molecule has 216 valence electrons. The zero-order valence-electron chi connectivity index (χ0n) is 23.8. The van der Waals surface area contributed by atoms with Gasteiger partial charge in [-0.15, -0.1) is 0 Å². The Morgan fingerprint density at radius 3 is 2.49 bits per heavy atom. The van der Waals surface area contributed by atoms with Crippen LogP contribution in [0.4, 0.5) is 0 Å². The average molecular weight is 579 g/mol. The second-order valence-electron chi connectivity index (χ2n) is 10.5. The van der Waals surface area contributed by atoms with Crippen molar-refractivity contribution < 1.29 is 18.7 Å². The molecule has 1 unspecified atom stereocenters. The van der Waals surface area contributed by atoms with Crippen LogP contribution in [0.15, 0.2) is 62.9 Å². The second kappa shape index (κ2) is 12.8. The lowest BCUT2D eigenvalue weighted by Gasteiger charge is -2.26. The number of ether oxygens (including phenoxy) is 2. The van der Waals surface area contributed by atoms with Gasteiger partial charge >= 0.3 is 11.3 Å². The largest absolute Gasteiger partial charge is 0.497 e. The summed E-state index contributed by atoms with van der Waals surface area (Å²) in [7, 11) is 1.60.